The molecule has 0 aromatic carbocycles. The quantitative estimate of drug-likeness (QED) is 0.497. The summed E-state index contributed by atoms with van der Waals surface area (Å²) in [6.07, 6.45) is 10.3. The first kappa shape index (κ1) is 17.1. The standard InChI is InChI=1S/C17H24N4O2/c1-13(20-21-17(23)14-7-6-10-18-12-14)11-16(22)19-15-8-4-2-3-5-9-15/h6-7,10,12,15H,2-5,8-9,11H2,1H3,(H,19,22)(H,21,23). The van der Waals surface area contributed by atoms with Gasteiger partial charge >= 0.3 is 0 Å². The van der Waals surface area contributed by atoms with Crippen LogP contribution in [0.15, 0.2) is 29.6 Å². The fourth-order valence-electron chi connectivity index (χ4n) is 2.68. The lowest BCUT2D eigenvalue weighted by atomic mass is 10.1. The SMILES string of the molecule is CC(CC(=O)NC1CCCCCC1)=NNC(=O)c1cccnc1. The van der Waals surface area contributed by atoms with E-state index in [2.05, 4.69) is 20.8 Å². The van der Waals surface area contributed by atoms with Gasteiger partial charge in [-0.2, -0.15) is 5.10 Å². The molecule has 1 aliphatic rings. The predicted molar refractivity (Wildman–Crippen MR) is 89.1 cm³/mol. The predicted octanol–water partition coefficient (Wildman–Crippen LogP) is 2.42. The lowest BCUT2D eigenvalue weighted by Crippen LogP contribution is -2.35. The molecule has 6 nitrogen and oxygen atoms in total. The number of pyridine rings is 1. The van der Waals surface area contributed by atoms with Gasteiger partial charge in [0.15, 0.2) is 0 Å². The van der Waals surface area contributed by atoms with Crippen molar-refractivity contribution >= 4 is 17.5 Å². The Balaban J connectivity index is 1.77. The number of nitrogens with one attached hydrogen (secondary N) is 2. The molecule has 0 saturated heterocycles. The van der Waals surface area contributed by atoms with E-state index in [9.17, 15) is 9.59 Å². The van der Waals surface area contributed by atoms with Crippen molar-refractivity contribution in [2.24, 2.45) is 5.10 Å². The summed E-state index contributed by atoms with van der Waals surface area (Å²) in [5.74, 6) is -0.365. The highest BCUT2D eigenvalue weighted by atomic mass is 16.2. The van der Waals surface area contributed by atoms with Crippen molar-refractivity contribution in [3.63, 3.8) is 0 Å². The molecule has 0 atom stereocenters. The number of hydrazone groups is 1. The third-order valence-electron chi connectivity index (χ3n) is 3.91. The Morgan fingerprint density at radius 3 is 2.65 bits per heavy atom. The number of hydrogen-bond acceptors (Lipinski definition) is 4. The monoisotopic (exact) mass is 316 g/mol. The Kier molecular flexibility index (Phi) is 6.72. The summed E-state index contributed by atoms with van der Waals surface area (Å²) in [5.41, 5.74) is 3.46. The maximum absolute atomic E-state index is 12.0. The van der Waals surface area contributed by atoms with Gasteiger partial charge in [0, 0.05) is 24.1 Å². The van der Waals surface area contributed by atoms with Crippen molar-refractivity contribution in [1.29, 1.82) is 0 Å². The smallest absolute Gasteiger partial charge is 0.272 e. The van der Waals surface area contributed by atoms with Crippen LogP contribution in [0.25, 0.3) is 0 Å². The summed E-state index contributed by atoms with van der Waals surface area (Å²) in [4.78, 5) is 27.7. The van der Waals surface area contributed by atoms with Crippen LogP contribution in [0.2, 0.25) is 0 Å². The summed E-state index contributed by atoms with van der Waals surface area (Å²) in [7, 11) is 0. The van der Waals surface area contributed by atoms with E-state index < -0.39 is 0 Å². The minimum Gasteiger partial charge on any atom is -0.353 e. The number of amides is 2. The Morgan fingerprint density at radius 1 is 1.26 bits per heavy atom. The fraction of sp³-hybridized carbons (Fsp3) is 0.529. The van der Waals surface area contributed by atoms with Crippen LogP contribution >= 0.6 is 0 Å². The van der Waals surface area contributed by atoms with Gasteiger partial charge in [-0.15, -0.1) is 0 Å². The summed E-state index contributed by atoms with van der Waals surface area (Å²) < 4.78 is 0. The van der Waals surface area contributed by atoms with Gasteiger partial charge in [0.2, 0.25) is 5.91 Å². The molecular formula is C17H24N4O2. The summed E-state index contributed by atoms with van der Waals surface area (Å²) >= 11 is 0. The maximum Gasteiger partial charge on any atom is 0.272 e. The van der Waals surface area contributed by atoms with E-state index in [1.54, 1.807) is 25.3 Å². The van der Waals surface area contributed by atoms with Crippen molar-refractivity contribution in [2.75, 3.05) is 0 Å². The van der Waals surface area contributed by atoms with Crippen LogP contribution in [-0.4, -0.2) is 28.6 Å². The third kappa shape index (κ3) is 6.18. The number of aromatic nitrogens is 1. The van der Waals surface area contributed by atoms with E-state index in [-0.39, 0.29) is 24.3 Å². The van der Waals surface area contributed by atoms with Crippen LogP contribution in [0.4, 0.5) is 0 Å². The second-order valence-corrected chi connectivity index (χ2v) is 5.96. The molecule has 1 heterocycles. The first-order chi connectivity index (χ1) is 11.1. The molecule has 1 aromatic rings. The van der Waals surface area contributed by atoms with Gasteiger partial charge < -0.3 is 5.32 Å². The van der Waals surface area contributed by atoms with Crippen LogP contribution in [0.5, 0.6) is 0 Å². The van der Waals surface area contributed by atoms with E-state index >= 15 is 0 Å². The lowest BCUT2D eigenvalue weighted by molar-refractivity contribution is -0.120. The Morgan fingerprint density at radius 2 is 2.00 bits per heavy atom. The van der Waals surface area contributed by atoms with Crippen molar-refractivity contribution in [2.45, 2.75) is 57.9 Å². The van der Waals surface area contributed by atoms with E-state index in [1.165, 1.54) is 31.9 Å². The van der Waals surface area contributed by atoms with Gasteiger partial charge in [-0.05, 0) is 31.9 Å². The maximum atomic E-state index is 12.0. The van der Waals surface area contributed by atoms with Gasteiger partial charge in [-0.1, -0.05) is 25.7 Å². The topological polar surface area (TPSA) is 83.5 Å². The second kappa shape index (κ2) is 9.02. The number of hydrogen-bond donors (Lipinski definition) is 2. The molecule has 6 heteroatoms. The zero-order valence-corrected chi connectivity index (χ0v) is 13.5. The van der Waals surface area contributed by atoms with Crippen LogP contribution in [0, 0.1) is 0 Å². The highest BCUT2D eigenvalue weighted by Gasteiger charge is 2.15. The van der Waals surface area contributed by atoms with E-state index in [4.69, 9.17) is 0 Å². The van der Waals surface area contributed by atoms with Crippen molar-refractivity contribution in [3.8, 4) is 0 Å². The van der Waals surface area contributed by atoms with Crippen molar-refractivity contribution < 1.29 is 9.59 Å². The third-order valence-corrected chi connectivity index (χ3v) is 3.91. The van der Waals surface area contributed by atoms with Gasteiger partial charge in [-0.3, -0.25) is 14.6 Å². The molecule has 0 spiro atoms. The normalized spacial score (nSPS) is 16.5. The molecule has 1 saturated carbocycles. The van der Waals surface area contributed by atoms with Gasteiger partial charge in [0.05, 0.1) is 12.0 Å². The van der Waals surface area contributed by atoms with Crippen LogP contribution in [0.3, 0.4) is 0 Å². The van der Waals surface area contributed by atoms with E-state index in [0.29, 0.717) is 11.3 Å². The molecular weight excluding hydrogens is 292 g/mol. The average Bonchev–Trinajstić information content (AvgIpc) is 2.82. The molecule has 0 aliphatic heterocycles. The molecule has 2 rings (SSSR count). The second-order valence-electron chi connectivity index (χ2n) is 5.96. The van der Waals surface area contributed by atoms with Crippen LogP contribution in [-0.2, 0) is 4.79 Å². The summed E-state index contributed by atoms with van der Waals surface area (Å²) in [6.45, 7) is 1.73. The van der Waals surface area contributed by atoms with Gasteiger partial charge in [0.1, 0.15) is 0 Å². The minimum atomic E-state index is -0.332. The first-order valence-electron chi connectivity index (χ1n) is 8.18. The highest BCUT2D eigenvalue weighted by molar-refractivity contribution is 6.01. The Bertz CT molecular complexity index is 549. The molecule has 1 aromatic heterocycles. The zero-order chi connectivity index (χ0) is 16.5. The summed E-state index contributed by atoms with van der Waals surface area (Å²) in [5, 5.41) is 7.05. The van der Waals surface area contributed by atoms with Crippen LogP contribution in [0.1, 0.15) is 62.2 Å². The summed E-state index contributed by atoms with van der Waals surface area (Å²) in [6, 6.07) is 3.63. The highest BCUT2D eigenvalue weighted by Crippen LogP contribution is 2.17. The Hall–Kier alpha value is -2.24. The van der Waals surface area contributed by atoms with Crippen molar-refractivity contribution in [1.82, 2.24) is 15.7 Å². The first-order valence-corrected chi connectivity index (χ1v) is 8.18. The Labute approximate surface area is 136 Å². The molecule has 0 bridgehead atoms. The largest absolute Gasteiger partial charge is 0.353 e. The van der Waals surface area contributed by atoms with Gasteiger partial charge in [-0.25, -0.2) is 5.43 Å². The van der Waals surface area contributed by atoms with Crippen LogP contribution < -0.4 is 10.7 Å². The zero-order valence-electron chi connectivity index (χ0n) is 13.5. The fourth-order valence-corrected chi connectivity index (χ4v) is 2.68. The molecule has 2 N–H and O–H groups in total. The molecule has 0 radical (unpaired) electrons. The van der Waals surface area contributed by atoms with E-state index in [1.807, 2.05) is 0 Å². The number of carbonyl (C=O) groups excluding carboxylic acids is 2. The average molecular weight is 316 g/mol. The van der Waals surface area contributed by atoms with Gasteiger partial charge in [0.25, 0.3) is 5.91 Å². The molecule has 23 heavy (non-hydrogen) atoms. The molecule has 0 unspecified atom stereocenters. The molecule has 124 valence electrons. The number of nitrogens with zero attached hydrogens (tertiary/aromatic N) is 2. The number of rotatable bonds is 5. The lowest BCUT2D eigenvalue weighted by Gasteiger charge is -2.16. The van der Waals surface area contributed by atoms with E-state index in [0.717, 1.165) is 12.8 Å². The molecule has 1 aliphatic carbocycles. The molecule has 1 fully saturated rings. The number of carbonyl (C=O) groups is 2. The van der Waals surface area contributed by atoms with Crippen molar-refractivity contribution in [3.05, 3.63) is 30.1 Å². The molecule has 2 amide bonds. The minimum absolute atomic E-state index is 0.0335.